The maximum atomic E-state index is 13.9. The quantitative estimate of drug-likeness (QED) is 0.176. The average molecular weight is 898 g/mol. The molecule has 0 heterocycles. The van der Waals surface area contributed by atoms with Crippen molar-refractivity contribution in [1.29, 1.82) is 0 Å². The van der Waals surface area contributed by atoms with Crippen molar-refractivity contribution in [2.45, 2.75) is 103 Å². The molecule has 2 aliphatic rings. The van der Waals surface area contributed by atoms with Gasteiger partial charge in [-0.25, -0.2) is 0 Å². The fourth-order valence-corrected chi connectivity index (χ4v) is 6.65. The molecule has 2 aliphatic carbocycles. The minimum atomic E-state index is -6.88. The first kappa shape index (κ1) is 53.4. The molecule has 0 saturated heterocycles. The van der Waals surface area contributed by atoms with E-state index in [-0.39, 0.29) is 34.1 Å². The number of carboxylic acids is 4. The Morgan fingerprint density at radius 3 is 0.741 bits per heavy atom. The molecule has 0 N–H and O–H groups in total. The van der Waals surface area contributed by atoms with E-state index in [1.165, 1.54) is 0 Å². The number of halogens is 14. The van der Waals surface area contributed by atoms with E-state index in [1.54, 1.807) is 0 Å². The van der Waals surface area contributed by atoms with E-state index in [2.05, 4.69) is 0 Å². The topological polar surface area (TPSA) is 195 Å². The molecule has 2 rings (SSSR count). The molecule has 310 valence electrons. The summed E-state index contributed by atoms with van der Waals surface area (Å²) in [4.78, 5) is 69.8. The van der Waals surface area contributed by atoms with E-state index in [9.17, 15) is 111 Å². The largest absolute Gasteiger partial charge is 2.00 e. The van der Waals surface area contributed by atoms with Crippen LogP contribution in [-0.4, -0.2) is 71.5 Å². The predicted octanol–water partition coefficient (Wildman–Crippen LogP) is 1.40. The molecule has 54 heavy (non-hydrogen) atoms. The Hall–Kier alpha value is -2.72. The van der Waals surface area contributed by atoms with E-state index < -0.39 is 130 Å². The van der Waals surface area contributed by atoms with Crippen LogP contribution in [0, 0.1) is 32.5 Å². The van der Waals surface area contributed by atoms with Crippen LogP contribution in [-0.2, 0) is 62.9 Å². The van der Waals surface area contributed by atoms with Crippen molar-refractivity contribution in [2.75, 3.05) is 0 Å². The van der Waals surface area contributed by atoms with Gasteiger partial charge in [0.05, 0.1) is 22.8 Å². The van der Waals surface area contributed by atoms with Crippen LogP contribution in [0.3, 0.4) is 0 Å². The monoisotopic (exact) mass is 898 g/mol. The van der Waals surface area contributed by atoms with Crippen molar-refractivity contribution in [2.24, 2.45) is 32.5 Å². The number of alkyl halides is 14. The van der Waals surface area contributed by atoms with Crippen LogP contribution in [0.4, 0.5) is 61.5 Å². The molecule has 0 amide bonds. The van der Waals surface area contributed by atoms with E-state index in [0.717, 1.165) is 13.8 Å². The second-order valence-corrected chi connectivity index (χ2v) is 13.8. The Kier molecular flexibility index (Phi) is 14.5. The SMILES string of the molecule is CC1(C(=O)[O-])CCC(C(=O)[O-])(C(=O)C(F)(F)C(F)(F)C(F)(F)F)C1(C)C.CC1(C(=O)[O-])CCC(C(=O)[O-])(C(=O)C(F)(F)C(F)(F)C(F)(F)F)C1(C)C.[Mn+2].[Mn+2]. The molecule has 4 unspecified atom stereocenters. The summed E-state index contributed by atoms with van der Waals surface area (Å²) in [6.07, 6.45) is -17.8. The first-order chi connectivity index (χ1) is 22.5. The minimum absolute atomic E-state index is 0. The standard InChI is InChI=1S/2C14H15F7O5.2Mn/c2*1-9(2)10(3,7(23)24)4-5-11(9,8(25)26)6(22)12(15,16)13(17,18)14(19,20)21;;/h2*4-5H2,1-3H3,(H,23,24)(H,25,26);;/q;;2*+2/p-4. The Morgan fingerprint density at radius 1 is 0.407 bits per heavy atom. The van der Waals surface area contributed by atoms with Gasteiger partial charge in [0, 0.05) is 22.8 Å². The van der Waals surface area contributed by atoms with Crippen LogP contribution in [0.5, 0.6) is 0 Å². The molecule has 0 aliphatic heterocycles. The van der Waals surface area contributed by atoms with Gasteiger partial charge < -0.3 is 39.6 Å². The van der Waals surface area contributed by atoms with Crippen LogP contribution in [0.25, 0.3) is 0 Å². The average Bonchev–Trinajstić information content (AvgIpc) is 3.31. The summed E-state index contributed by atoms with van der Waals surface area (Å²) in [5.74, 6) is -42.5. The molecule has 10 nitrogen and oxygen atoms in total. The fourth-order valence-electron chi connectivity index (χ4n) is 6.65. The zero-order valence-electron chi connectivity index (χ0n) is 28.0. The Bertz CT molecular complexity index is 1430. The molecule has 0 spiro atoms. The van der Waals surface area contributed by atoms with Gasteiger partial charge in [-0.3, -0.25) is 9.59 Å². The van der Waals surface area contributed by atoms with Gasteiger partial charge in [0.2, 0.25) is 11.6 Å². The maximum Gasteiger partial charge on any atom is 2.00 e. The third-order valence-corrected chi connectivity index (χ3v) is 11.3. The summed E-state index contributed by atoms with van der Waals surface area (Å²) in [5.41, 5.74) is -16.8. The zero-order chi connectivity index (χ0) is 42.3. The second kappa shape index (κ2) is 14.7. The fraction of sp³-hybridized carbons (Fsp3) is 0.786. The van der Waals surface area contributed by atoms with Crippen LogP contribution >= 0.6 is 0 Å². The third-order valence-electron chi connectivity index (χ3n) is 11.3. The Balaban J connectivity index is 0. The summed E-state index contributed by atoms with van der Waals surface area (Å²) in [6.45, 7) is 4.38. The summed E-state index contributed by atoms with van der Waals surface area (Å²) in [7, 11) is 0. The molecule has 0 aromatic carbocycles. The van der Waals surface area contributed by atoms with Crippen LogP contribution < -0.4 is 20.4 Å². The van der Waals surface area contributed by atoms with Crippen molar-refractivity contribution in [3.63, 3.8) is 0 Å². The molecule has 2 fully saturated rings. The van der Waals surface area contributed by atoms with Crippen molar-refractivity contribution in [3.05, 3.63) is 0 Å². The first-order valence-electron chi connectivity index (χ1n) is 14.1. The van der Waals surface area contributed by atoms with Crippen molar-refractivity contribution in [1.82, 2.24) is 0 Å². The summed E-state index contributed by atoms with van der Waals surface area (Å²) < 4.78 is 182. The number of hydrogen-bond donors (Lipinski definition) is 0. The van der Waals surface area contributed by atoms with E-state index in [4.69, 9.17) is 0 Å². The predicted molar refractivity (Wildman–Crippen MR) is 129 cm³/mol. The summed E-state index contributed by atoms with van der Waals surface area (Å²) in [6, 6.07) is 0. The van der Waals surface area contributed by atoms with Gasteiger partial charge in [-0.1, -0.05) is 41.5 Å². The normalized spacial score (nSPS) is 28.4. The van der Waals surface area contributed by atoms with Gasteiger partial charge in [-0.05, 0) is 36.5 Å². The Labute approximate surface area is 315 Å². The van der Waals surface area contributed by atoms with Crippen molar-refractivity contribution in [3.8, 4) is 0 Å². The van der Waals surface area contributed by atoms with Gasteiger partial charge in [-0.15, -0.1) is 0 Å². The molecule has 2 radical (unpaired) electrons. The number of rotatable bonds is 10. The molecule has 2 saturated carbocycles. The summed E-state index contributed by atoms with van der Waals surface area (Å²) >= 11 is 0. The van der Waals surface area contributed by atoms with E-state index in [1.807, 2.05) is 0 Å². The molecule has 26 heteroatoms. The van der Waals surface area contributed by atoms with Gasteiger partial charge >= 0.3 is 70.2 Å². The zero-order valence-corrected chi connectivity index (χ0v) is 30.3. The smallest absolute Gasteiger partial charge is 0.550 e. The number of carbonyl (C=O) groups is 6. The molecule has 0 aromatic rings. The van der Waals surface area contributed by atoms with Crippen molar-refractivity contribution < 1.29 is 145 Å². The van der Waals surface area contributed by atoms with E-state index in [0.29, 0.717) is 27.7 Å². The number of hydrogen-bond acceptors (Lipinski definition) is 10. The maximum absolute atomic E-state index is 13.9. The van der Waals surface area contributed by atoms with Crippen LogP contribution in [0.1, 0.15) is 67.2 Å². The van der Waals surface area contributed by atoms with E-state index >= 15 is 0 Å². The van der Waals surface area contributed by atoms with Crippen molar-refractivity contribution >= 4 is 35.4 Å². The van der Waals surface area contributed by atoms with Gasteiger partial charge in [0.25, 0.3) is 0 Å². The second-order valence-electron chi connectivity index (χ2n) is 13.8. The molecule has 0 bridgehead atoms. The number of ketones is 2. The molecular weight excluding hydrogens is 872 g/mol. The van der Waals surface area contributed by atoms with Crippen LogP contribution in [0.2, 0.25) is 0 Å². The molecular formula is C28H26F14Mn2O10. The van der Waals surface area contributed by atoms with Crippen LogP contribution in [0.15, 0.2) is 0 Å². The number of aliphatic carboxylic acids is 4. The van der Waals surface area contributed by atoms with Gasteiger partial charge in [0.1, 0.15) is 0 Å². The van der Waals surface area contributed by atoms with Gasteiger partial charge in [-0.2, -0.15) is 61.5 Å². The summed E-state index contributed by atoms with van der Waals surface area (Å²) in [5, 5.41) is 45.7. The Morgan fingerprint density at radius 2 is 0.611 bits per heavy atom. The van der Waals surface area contributed by atoms with Gasteiger partial charge in [0.15, 0.2) is 0 Å². The number of carboxylic acid groups (broad SMARTS) is 4. The minimum Gasteiger partial charge on any atom is -0.550 e. The number of carbonyl (C=O) groups excluding carboxylic acids is 6. The molecule has 4 atom stereocenters. The first-order valence-corrected chi connectivity index (χ1v) is 14.1. The number of Topliss-reactive ketones (excluding diaryl/α,β-unsaturated/α-hetero) is 2. The molecule has 0 aromatic heterocycles. The third kappa shape index (κ3) is 6.66.